The molecule has 0 atom stereocenters. The number of nitrogens with one attached hydrogen (secondary N) is 1. The molecule has 0 aliphatic carbocycles. The molecule has 1 aromatic heterocycles. The topological polar surface area (TPSA) is 68.0 Å². The van der Waals surface area contributed by atoms with Gasteiger partial charge in [0.1, 0.15) is 0 Å². The molecule has 7 heteroatoms. The second-order valence-electron chi connectivity index (χ2n) is 5.07. The molecule has 0 spiro atoms. The summed E-state index contributed by atoms with van der Waals surface area (Å²) in [6.07, 6.45) is 0. The van der Waals surface area contributed by atoms with Crippen LogP contribution in [0.2, 0.25) is 0 Å². The zero-order valence-electron chi connectivity index (χ0n) is 12.8. The van der Waals surface area contributed by atoms with Crippen molar-refractivity contribution in [2.75, 3.05) is 11.1 Å². The average molecular weight is 404 g/mol. The standard InChI is InChI=1S/C17H14BrN3O2S/c1-11-2-8-14(9-3-11)24-10-15(22)19-17-21-20-16(23-17)12-4-6-13(18)7-5-12/h2-9H,10H2,1H3,(H,19,21,22). The van der Waals surface area contributed by atoms with E-state index in [0.717, 1.165) is 14.9 Å². The van der Waals surface area contributed by atoms with Gasteiger partial charge >= 0.3 is 6.01 Å². The smallest absolute Gasteiger partial charge is 0.322 e. The summed E-state index contributed by atoms with van der Waals surface area (Å²) in [6, 6.07) is 15.6. The van der Waals surface area contributed by atoms with Gasteiger partial charge in [0.25, 0.3) is 0 Å². The van der Waals surface area contributed by atoms with Gasteiger partial charge in [0.15, 0.2) is 0 Å². The molecule has 0 saturated heterocycles. The number of nitrogens with zero attached hydrogens (tertiary/aromatic N) is 2. The zero-order chi connectivity index (χ0) is 16.9. The molecule has 0 fully saturated rings. The molecule has 0 radical (unpaired) electrons. The summed E-state index contributed by atoms with van der Waals surface area (Å²) in [5.41, 5.74) is 1.98. The third kappa shape index (κ3) is 4.46. The van der Waals surface area contributed by atoms with Gasteiger partial charge in [0.2, 0.25) is 11.8 Å². The summed E-state index contributed by atoms with van der Waals surface area (Å²) in [4.78, 5) is 13.0. The van der Waals surface area contributed by atoms with Crippen molar-refractivity contribution in [3.05, 3.63) is 58.6 Å². The lowest BCUT2D eigenvalue weighted by atomic mass is 10.2. The first-order valence-corrected chi connectivity index (χ1v) is 8.97. The number of hydrogen-bond donors (Lipinski definition) is 1. The minimum Gasteiger partial charge on any atom is -0.403 e. The maximum absolute atomic E-state index is 12.0. The highest BCUT2D eigenvalue weighted by molar-refractivity contribution is 9.10. The lowest BCUT2D eigenvalue weighted by Gasteiger charge is -2.02. The number of amides is 1. The van der Waals surface area contributed by atoms with E-state index in [1.165, 1.54) is 17.3 Å². The van der Waals surface area contributed by atoms with Crippen LogP contribution < -0.4 is 5.32 Å². The van der Waals surface area contributed by atoms with Crippen molar-refractivity contribution in [1.29, 1.82) is 0 Å². The molecule has 1 amide bonds. The fourth-order valence-electron chi connectivity index (χ4n) is 1.92. The number of aromatic nitrogens is 2. The van der Waals surface area contributed by atoms with Crippen LogP contribution >= 0.6 is 27.7 Å². The Morgan fingerprint density at radius 3 is 2.54 bits per heavy atom. The van der Waals surface area contributed by atoms with E-state index in [0.29, 0.717) is 5.89 Å². The molecule has 0 aliphatic rings. The monoisotopic (exact) mass is 403 g/mol. The molecule has 5 nitrogen and oxygen atoms in total. The van der Waals surface area contributed by atoms with Gasteiger partial charge in [-0.15, -0.1) is 16.9 Å². The number of halogens is 1. The molecule has 0 aliphatic heterocycles. The predicted octanol–water partition coefficient (Wildman–Crippen LogP) is 4.54. The molecule has 122 valence electrons. The summed E-state index contributed by atoms with van der Waals surface area (Å²) in [7, 11) is 0. The lowest BCUT2D eigenvalue weighted by Crippen LogP contribution is -2.14. The summed E-state index contributed by atoms with van der Waals surface area (Å²) >= 11 is 4.82. The molecule has 0 saturated carbocycles. The predicted molar refractivity (Wildman–Crippen MR) is 98.0 cm³/mol. The molecule has 0 unspecified atom stereocenters. The van der Waals surface area contributed by atoms with Gasteiger partial charge in [0.05, 0.1) is 5.75 Å². The average Bonchev–Trinajstić information content (AvgIpc) is 3.03. The maximum Gasteiger partial charge on any atom is 0.322 e. The quantitative estimate of drug-likeness (QED) is 0.633. The normalized spacial score (nSPS) is 10.6. The van der Waals surface area contributed by atoms with Gasteiger partial charge in [-0.2, -0.15) is 0 Å². The van der Waals surface area contributed by atoms with Gasteiger partial charge in [-0.3, -0.25) is 10.1 Å². The SMILES string of the molecule is Cc1ccc(SCC(=O)Nc2nnc(-c3ccc(Br)cc3)o2)cc1. The molecule has 3 aromatic rings. The Kier molecular flexibility index (Phi) is 5.32. The Hall–Kier alpha value is -2.12. The minimum atomic E-state index is -0.188. The van der Waals surface area contributed by atoms with Crippen molar-refractivity contribution < 1.29 is 9.21 Å². The van der Waals surface area contributed by atoms with Gasteiger partial charge in [-0.25, -0.2) is 0 Å². The first-order chi connectivity index (χ1) is 11.6. The fourth-order valence-corrected chi connectivity index (χ4v) is 2.88. The van der Waals surface area contributed by atoms with E-state index in [2.05, 4.69) is 31.4 Å². The van der Waals surface area contributed by atoms with Crippen LogP contribution in [0.15, 0.2) is 62.3 Å². The number of anilines is 1. The van der Waals surface area contributed by atoms with Gasteiger partial charge in [-0.1, -0.05) is 38.7 Å². The summed E-state index contributed by atoms with van der Waals surface area (Å²) in [5.74, 6) is 0.453. The minimum absolute atomic E-state index is 0.0995. The van der Waals surface area contributed by atoms with E-state index in [9.17, 15) is 4.79 Å². The van der Waals surface area contributed by atoms with Crippen LogP contribution in [0.25, 0.3) is 11.5 Å². The second kappa shape index (κ2) is 7.63. The number of carbonyl (C=O) groups excluding carboxylic acids is 1. The van der Waals surface area contributed by atoms with Crippen LogP contribution in [0.3, 0.4) is 0 Å². The van der Waals surface area contributed by atoms with Crippen LogP contribution in [0.1, 0.15) is 5.56 Å². The third-order valence-electron chi connectivity index (χ3n) is 3.15. The Morgan fingerprint density at radius 1 is 1.12 bits per heavy atom. The first kappa shape index (κ1) is 16.7. The highest BCUT2D eigenvalue weighted by Crippen LogP contribution is 2.22. The van der Waals surface area contributed by atoms with E-state index in [-0.39, 0.29) is 17.7 Å². The first-order valence-electron chi connectivity index (χ1n) is 7.19. The van der Waals surface area contributed by atoms with Crippen molar-refractivity contribution >= 4 is 39.6 Å². The second-order valence-corrected chi connectivity index (χ2v) is 7.03. The molecule has 24 heavy (non-hydrogen) atoms. The molecule has 3 rings (SSSR count). The molecule has 1 heterocycles. The number of hydrogen-bond acceptors (Lipinski definition) is 5. The van der Waals surface area contributed by atoms with E-state index in [4.69, 9.17) is 4.42 Å². The Morgan fingerprint density at radius 2 is 1.83 bits per heavy atom. The van der Waals surface area contributed by atoms with E-state index >= 15 is 0 Å². The fraction of sp³-hybridized carbons (Fsp3) is 0.118. The van der Waals surface area contributed by atoms with Gasteiger partial charge in [-0.05, 0) is 43.3 Å². The van der Waals surface area contributed by atoms with Crippen molar-refractivity contribution in [3.63, 3.8) is 0 Å². The zero-order valence-corrected chi connectivity index (χ0v) is 15.2. The number of thioether (sulfide) groups is 1. The number of rotatable bonds is 5. The van der Waals surface area contributed by atoms with E-state index < -0.39 is 0 Å². The largest absolute Gasteiger partial charge is 0.403 e. The third-order valence-corrected chi connectivity index (χ3v) is 4.69. The highest BCUT2D eigenvalue weighted by Gasteiger charge is 2.11. The molecule has 1 N–H and O–H groups in total. The van der Waals surface area contributed by atoms with E-state index in [1.807, 2.05) is 55.5 Å². The summed E-state index contributed by atoms with van der Waals surface area (Å²) in [5, 5.41) is 10.4. The lowest BCUT2D eigenvalue weighted by molar-refractivity contribution is -0.113. The molecule has 0 bridgehead atoms. The summed E-state index contributed by atoms with van der Waals surface area (Å²) in [6.45, 7) is 2.03. The summed E-state index contributed by atoms with van der Waals surface area (Å²) < 4.78 is 6.43. The Bertz CT molecular complexity index is 832. The van der Waals surface area contributed by atoms with Crippen LogP contribution in [0, 0.1) is 6.92 Å². The Balaban J connectivity index is 1.57. The highest BCUT2D eigenvalue weighted by atomic mass is 79.9. The van der Waals surface area contributed by atoms with Crippen molar-refractivity contribution in [2.45, 2.75) is 11.8 Å². The molecular formula is C17H14BrN3O2S. The number of benzene rings is 2. The van der Waals surface area contributed by atoms with Crippen LogP contribution in [-0.4, -0.2) is 21.9 Å². The molecule has 2 aromatic carbocycles. The van der Waals surface area contributed by atoms with Gasteiger partial charge in [0, 0.05) is 14.9 Å². The van der Waals surface area contributed by atoms with Crippen LogP contribution in [-0.2, 0) is 4.79 Å². The van der Waals surface area contributed by atoms with Gasteiger partial charge < -0.3 is 4.42 Å². The number of carbonyl (C=O) groups is 1. The van der Waals surface area contributed by atoms with Crippen molar-refractivity contribution in [2.24, 2.45) is 0 Å². The van der Waals surface area contributed by atoms with Crippen LogP contribution in [0.4, 0.5) is 6.01 Å². The van der Waals surface area contributed by atoms with Crippen molar-refractivity contribution in [3.8, 4) is 11.5 Å². The Labute approximate surface area is 152 Å². The maximum atomic E-state index is 12.0. The van der Waals surface area contributed by atoms with Crippen LogP contribution in [0.5, 0.6) is 0 Å². The van der Waals surface area contributed by atoms with Crippen molar-refractivity contribution in [1.82, 2.24) is 10.2 Å². The number of aryl methyl sites for hydroxylation is 1. The van der Waals surface area contributed by atoms with E-state index in [1.54, 1.807) is 0 Å². The molecular weight excluding hydrogens is 390 g/mol.